The molecule has 0 spiro atoms. The summed E-state index contributed by atoms with van der Waals surface area (Å²) in [5.74, 6) is -1.01. The average molecular weight is 306 g/mol. The second-order valence-electron chi connectivity index (χ2n) is 4.26. The Morgan fingerprint density at radius 1 is 1.32 bits per heavy atom. The first-order valence-electron chi connectivity index (χ1n) is 5.87. The van der Waals surface area contributed by atoms with Gasteiger partial charge in [-0.05, 0) is 4.92 Å². The summed E-state index contributed by atoms with van der Waals surface area (Å²) in [5.41, 5.74) is 0.150. The number of hydrazone groups is 1. The SMILES string of the molecule is CN(C)/N=C(\c1nc(-c2cccc([N+](=O)[O-])c2)no1)[N+](=O)[O-]. The fraction of sp³-hybridized carbons (Fsp3) is 0.182. The van der Waals surface area contributed by atoms with Gasteiger partial charge in [-0.25, -0.2) is 5.01 Å². The van der Waals surface area contributed by atoms with Crippen LogP contribution in [0.3, 0.4) is 0 Å². The first-order chi connectivity index (χ1) is 10.4. The topological polar surface area (TPSA) is 141 Å². The molecule has 0 unspecified atom stereocenters. The Morgan fingerprint density at radius 3 is 2.64 bits per heavy atom. The van der Waals surface area contributed by atoms with Crippen molar-refractivity contribution >= 4 is 11.5 Å². The van der Waals surface area contributed by atoms with E-state index in [0.717, 1.165) is 0 Å². The molecule has 1 aromatic heterocycles. The van der Waals surface area contributed by atoms with Gasteiger partial charge in [-0.15, -0.1) is 0 Å². The van der Waals surface area contributed by atoms with Crippen LogP contribution in [0.4, 0.5) is 5.69 Å². The molecule has 0 aliphatic rings. The summed E-state index contributed by atoms with van der Waals surface area (Å²) in [5, 5.41) is 30.1. The summed E-state index contributed by atoms with van der Waals surface area (Å²) in [6, 6.07) is 5.52. The lowest BCUT2D eigenvalue weighted by molar-refractivity contribution is -0.384. The minimum atomic E-state index is -0.759. The highest BCUT2D eigenvalue weighted by Crippen LogP contribution is 2.21. The second kappa shape index (κ2) is 5.95. The number of nitro groups is 2. The molecule has 114 valence electrons. The highest BCUT2D eigenvalue weighted by atomic mass is 16.6. The highest BCUT2D eigenvalue weighted by molar-refractivity contribution is 5.87. The number of hydrogen-bond donors (Lipinski definition) is 0. The molecule has 2 rings (SSSR count). The summed E-state index contributed by atoms with van der Waals surface area (Å²) in [6.07, 6.45) is 0. The lowest BCUT2D eigenvalue weighted by atomic mass is 10.2. The molecule has 0 fully saturated rings. The molecule has 0 bridgehead atoms. The van der Waals surface area contributed by atoms with E-state index < -0.39 is 15.7 Å². The van der Waals surface area contributed by atoms with Crippen LogP contribution in [0, 0.1) is 20.2 Å². The van der Waals surface area contributed by atoms with Crippen molar-refractivity contribution in [2.75, 3.05) is 14.1 Å². The molecule has 0 radical (unpaired) electrons. The van der Waals surface area contributed by atoms with Crippen LogP contribution < -0.4 is 0 Å². The van der Waals surface area contributed by atoms with Gasteiger partial charge in [0.2, 0.25) is 5.82 Å². The van der Waals surface area contributed by atoms with Gasteiger partial charge < -0.3 is 14.6 Å². The van der Waals surface area contributed by atoms with E-state index in [1.165, 1.54) is 43.4 Å². The van der Waals surface area contributed by atoms with Gasteiger partial charge in [-0.3, -0.25) is 10.1 Å². The monoisotopic (exact) mass is 306 g/mol. The molecule has 0 aliphatic carbocycles. The molecule has 2 aromatic rings. The molecule has 0 saturated carbocycles. The van der Waals surface area contributed by atoms with Crippen LogP contribution in [0.15, 0.2) is 33.9 Å². The van der Waals surface area contributed by atoms with Gasteiger partial charge in [0.05, 0.1) is 10.0 Å². The Labute approximate surface area is 123 Å². The van der Waals surface area contributed by atoms with Crippen LogP contribution in [-0.2, 0) is 0 Å². The fourth-order valence-electron chi connectivity index (χ4n) is 1.54. The summed E-state index contributed by atoms with van der Waals surface area (Å²) < 4.78 is 4.81. The van der Waals surface area contributed by atoms with Crippen molar-refractivity contribution < 1.29 is 14.4 Å². The zero-order valence-electron chi connectivity index (χ0n) is 11.5. The maximum Gasteiger partial charge on any atom is 0.453 e. The van der Waals surface area contributed by atoms with Crippen molar-refractivity contribution in [2.24, 2.45) is 5.10 Å². The Balaban J connectivity index is 2.41. The minimum absolute atomic E-state index is 0.00740. The van der Waals surface area contributed by atoms with Crippen molar-refractivity contribution in [3.63, 3.8) is 0 Å². The van der Waals surface area contributed by atoms with E-state index in [-0.39, 0.29) is 17.4 Å². The van der Waals surface area contributed by atoms with Crippen LogP contribution in [0.25, 0.3) is 11.4 Å². The Bertz CT molecular complexity index is 753. The predicted molar refractivity (Wildman–Crippen MR) is 73.6 cm³/mol. The summed E-state index contributed by atoms with van der Waals surface area (Å²) in [7, 11) is 3.00. The number of hydrogen-bond acceptors (Lipinski definition) is 9. The molecule has 1 aromatic carbocycles. The molecule has 11 nitrogen and oxygen atoms in total. The van der Waals surface area contributed by atoms with E-state index in [0.29, 0.717) is 5.56 Å². The maximum absolute atomic E-state index is 11.0. The van der Waals surface area contributed by atoms with Gasteiger partial charge in [0.1, 0.15) is 0 Å². The van der Waals surface area contributed by atoms with E-state index in [1.54, 1.807) is 0 Å². The predicted octanol–water partition coefficient (Wildman–Crippen LogP) is 1.14. The Morgan fingerprint density at radius 2 is 2.05 bits per heavy atom. The third-order valence-corrected chi connectivity index (χ3v) is 2.40. The van der Waals surface area contributed by atoms with E-state index in [1.807, 2.05) is 0 Å². The lowest BCUT2D eigenvalue weighted by Gasteiger charge is -1.97. The zero-order valence-corrected chi connectivity index (χ0v) is 11.5. The zero-order chi connectivity index (χ0) is 16.3. The smallest absolute Gasteiger partial charge is 0.358 e. The molecular formula is C11H10N6O5. The number of non-ortho nitro benzene ring substituents is 1. The molecule has 0 atom stereocenters. The molecule has 1 heterocycles. The third kappa shape index (κ3) is 3.20. The molecular weight excluding hydrogens is 296 g/mol. The molecule has 0 aliphatic heterocycles. The largest absolute Gasteiger partial charge is 0.453 e. The van der Waals surface area contributed by atoms with Gasteiger partial charge in [0.15, 0.2) is 0 Å². The number of amidine groups is 1. The first-order valence-corrected chi connectivity index (χ1v) is 5.87. The van der Waals surface area contributed by atoms with Gasteiger partial charge in [-0.1, -0.05) is 17.3 Å². The Kier molecular flexibility index (Phi) is 4.06. The van der Waals surface area contributed by atoms with E-state index in [4.69, 9.17) is 4.52 Å². The number of nitro benzene ring substituents is 1. The second-order valence-corrected chi connectivity index (χ2v) is 4.26. The molecule has 22 heavy (non-hydrogen) atoms. The van der Waals surface area contributed by atoms with Gasteiger partial charge in [-0.2, -0.15) is 4.98 Å². The third-order valence-electron chi connectivity index (χ3n) is 2.40. The van der Waals surface area contributed by atoms with Crippen LogP contribution in [0.5, 0.6) is 0 Å². The van der Waals surface area contributed by atoms with E-state index >= 15 is 0 Å². The van der Waals surface area contributed by atoms with Crippen molar-refractivity contribution in [1.82, 2.24) is 15.1 Å². The van der Waals surface area contributed by atoms with Gasteiger partial charge >= 0.3 is 11.7 Å². The van der Waals surface area contributed by atoms with Crippen LogP contribution in [-0.4, -0.2) is 44.9 Å². The standard InChI is InChI=1S/C11H10N6O5/c1-15(2)13-10(17(20)21)11-12-9(14-22-11)7-4-3-5-8(6-7)16(18)19/h3-6H,1-2H3/b13-10+. The number of rotatable bonds is 4. The average Bonchev–Trinajstić information content (AvgIpc) is 2.94. The number of benzene rings is 1. The van der Waals surface area contributed by atoms with Gasteiger partial charge in [0, 0.05) is 31.8 Å². The summed E-state index contributed by atoms with van der Waals surface area (Å²) >= 11 is 0. The van der Waals surface area contributed by atoms with Crippen molar-refractivity contribution in [3.05, 3.63) is 50.4 Å². The van der Waals surface area contributed by atoms with Crippen LogP contribution in [0.1, 0.15) is 5.89 Å². The molecule has 0 amide bonds. The van der Waals surface area contributed by atoms with Crippen LogP contribution in [0.2, 0.25) is 0 Å². The van der Waals surface area contributed by atoms with Crippen molar-refractivity contribution in [2.45, 2.75) is 0 Å². The number of aromatic nitrogens is 2. The normalized spacial score (nSPS) is 11.3. The molecule has 0 N–H and O–H groups in total. The summed E-state index contributed by atoms with van der Waals surface area (Å²) in [4.78, 5) is 24.2. The lowest BCUT2D eigenvalue weighted by Crippen LogP contribution is -2.18. The van der Waals surface area contributed by atoms with E-state index in [9.17, 15) is 20.2 Å². The highest BCUT2D eigenvalue weighted by Gasteiger charge is 2.26. The van der Waals surface area contributed by atoms with Crippen molar-refractivity contribution in [3.8, 4) is 11.4 Å². The Hall–Kier alpha value is -3.37. The molecule has 11 heteroatoms. The fourth-order valence-corrected chi connectivity index (χ4v) is 1.54. The van der Waals surface area contributed by atoms with Crippen LogP contribution >= 0.6 is 0 Å². The maximum atomic E-state index is 11.0. The molecule has 0 saturated heterocycles. The van der Waals surface area contributed by atoms with Crippen molar-refractivity contribution in [1.29, 1.82) is 0 Å². The summed E-state index contributed by atoms with van der Waals surface area (Å²) in [6.45, 7) is 0. The quantitative estimate of drug-likeness (QED) is 0.354. The first kappa shape index (κ1) is 15.0. The van der Waals surface area contributed by atoms with E-state index in [2.05, 4.69) is 15.2 Å². The minimum Gasteiger partial charge on any atom is -0.358 e. The number of nitrogens with zero attached hydrogens (tertiary/aromatic N) is 6. The van der Waals surface area contributed by atoms with Gasteiger partial charge in [0.25, 0.3) is 5.69 Å².